The molecule has 2 N–H and O–H groups in total. The second-order valence-electron chi connectivity index (χ2n) is 7.06. The number of amides is 1. The van der Waals surface area contributed by atoms with Crippen molar-refractivity contribution in [1.82, 2.24) is 14.0 Å². The molecule has 3 rings (SSSR count). The second kappa shape index (κ2) is 7.44. The third-order valence-electron chi connectivity index (χ3n) is 5.24. The molecule has 0 radical (unpaired) electrons. The average Bonchev–Trinajstić information content (AvgIpc) is 3.12. The molecule has 2 heterocycles. The number of benzene rings is 1. The van der Waals surface area contributed by atoms with Crippen molar-refractivity contribution in [3.63, 3.8) is 0 Å². The summed E-state index contributed by atoms with van der Waals surface area (Å²) in [6, 6.07) is 8.04. The number of nitrogens with zero attached hydrogens (tertiary/aromatic N) is 3. The lowest BCUT2D eigenvalue weighted by molar-refractivity contribution is -0.132. The van der Waals surface area contributed by atoms with Gasteiger partial charge in [-0.3, -0.25) is 13.9 Å². The Morgan fingerprint density at radius 2 is 1.84 bits per heavy atom. The van der Waals surface area contributed by atoms with E-state index in [0.717, 1.165) is 30.4 Å². The van der Waals surface area contributed by atoms with Gasteiger partial charge >= 0.3 is 5.69 Å². The molecule has 1 fully saturated rings. The molecule has 136 valence electrons. The predicted octanol–water partition coefficient (Wildman–Crippen LogP) is 1.80. The average molecular weight is 344 g/mol. The quantitative estimate of drug-likeness (QED) is 0.868. The van der Waals surface area contributed by atoms with Crippen molar-refractivity contribution in [2.24, 2.45) is 11.7 Å². The van der Waals surface area contributed by atoms with E-state index in [1.807, 2.05) is 33.7 Å². The summed E-state index contributed by atoms with van der Waals surface area (Å²) in [7, 11) is 0. The molecule has 1 aromatic carbocycles. The summed E-state index contributed by atoms with van der Waals surface area (Å²) in [6.45, 7) is 6.62. The number of aromatic nitrogens is 2. The Morgan fingerprint density at radius 3 is 2.40 bits per heavy atom. The van der Waals surface area contributed by atoms with E-state index < -0.39 is 0 Å². The topological polar surface area (TPSA) is 73.3 Å². The maximum Gasteiger partial charge on any atom is 0.329 e. The van der Waals surface area contributed by atoms with Gasteiger partial charge in [-0.05, 0) is 44.4 Å². The molecule has 1 saturated heterocycles. The minimum absolute atomic E-state index is 0.0230. The van der Waals surface area contributed by atoms with Crippen molar-refractivity contribution >= 4 is 16.9 Å². The van der Waals surface area contributed by atoms with Crippen LogP contribution in [-0.2, 0) is 17.9 Å². The summed E-state index contributed by atoms with van der Waals surface area (Å²) in [5, 5.41) is 0. The number of hydrogen-bond donors (Lipinski definition) is 1. The molecule has 6 nitrogen and oxygen atoms in total. The fourth-order valence-corrected chi connectivity index (χ4v) is 3.94. The van der Waals surface area contributed by atoms with E-state index in [2.05, 4.69) is 13.8 Å². The molecular weight excluding hydrogens is 316 g/mol. The molecule has 2 unspecified atom stereocenters. The van der Waals surface area contributed by atoms with Crippen LogP contribution < -0.4 is 11.4 Å². The first-order valence-electron chi connectivity index (χ1n) is 9.24. The van der Waals surface area contributed by atoms with Gasteiger partial charge in [0.1, 0.15) is 0 Å². The maximum absolute atomic E-state index is 12.8. The number of hydrogen-bond acceptors (Lipinski definition) is 3. The van der Waals surface area contributed by atoms with Crippen LogP contribution in [0.4, 0.5) is 0 Å². The number of fused-ring (bicyclic) bond motifs is 1. The highest BCUT2D eigenvalue weighted by Gasteiger charge is 2.31. The molecule has 25 heavy (non-hydrogen) atoms. The van der Waals surface area contributed by atoms with Crippen molar-refractivity contribution in [3.8, 4) is 0 Å². The number of rotatable bonds is 6. The van der Waals surface area contributed by atoms with Crippen LogP contribution in [0.3, 0.4) is 0 Å². The lowest BCUT2D eigenvalue weighted by Gasteiger charge is -2.21. The van der Waals surface area contributed by atoms with Gasteiger partial charge in [0.15, 0.2) is 0 Å². The molecule has 2 aromatic rings. The first-order chi connectivity index (χ1) is 12.1. The standard InChI is InChI=1S/C19H28N4O2/c1-3-9-21-16-6-4-5-7-17(16)22(19(21)25)10-8-18(24)23-13-15(12-20)11-14(23)2/h4-7,14-15H,3,8-13,20H2,1-2H3. The number of aryl methyl sites for hydroxylation is 2. The molecule has 0 bridgehead atoms. The van der Waals surface area contributed by atoms with Gasteiger partial charge in [0.2, 0.25) is 5.91 Å². The van der Waals surface area contributed by atoms with Gasteiger partial charge in [-0.15, -0.1) is 0 Å². The zero-order valence-corrected chi connectivity index (χ0v) is 15.1. The Bertz CT molecular complexity index is 807. The SMILES string of the molecule is CCCn1c(=O)n(CCC(=O)N2CC(CN)CC2C)c2ccccc21. The van der Waals surface area contributed by atoms with Gasteiger partial charge in [0.05, 0.1) is 11.0 Å². The first kappa shape index (κ1) is 17.7. The molecule has 1 amide bonds. The molecule has 1 aromatic heterocycles. The summed E-state index contributed by atoms with van der Waals surface area (Å²) in [5.41, 5.74) is 7.58. The molecular formula is C19H28N4O2. The third-order valence-corrected chi connectivity index (χ3v) is 5.24. The van der Waals surface area contributed by atoms with E-state index in [9.17, 15) is 9.59 Å². The fraction of sp³-hybridized carbons (Fsp3) is 0.579. The normalized spacial score (nSPS) is 20.5. The maximum atomic E-state index is 12.8. The Hall–Kier alpha value is -2.08. The summed E-state index contributed by atoms with van der Waals surface area (Å²) in [5.74, 6) is 0.510. The van der Waals surface area contributed by atoms with E-state index in [-0.39, 0.29) is 17.6 Å². The van der Waals surface area contributed by atoms with Crippen LogP contribution in [-0.4, -0.2) is 39.1 Å². The molecule has 1 aliphatic heterocycles. The lowest BCUT2D eigenvalue weighted by Crippen LogP contribution is -2.35. The minimum Gasteiger partial charge on any atom is -0.340 e. The van der Waals surface area contributed by atoms with Crippen LogP contribution in [0.5, 0.6) is 0 Å². The third kappa shape index (κ3) is 3.35. The lowest BCUT2D eigenvalue weighted by atomic mass is 10.1. The summed E-state index contributed by atoms with van der Waals surface area (Å²) < 4.78 is 3.55. The van der Waals surface area contributed by atoms with Crippen LogP contribution in [0.25, 0.3) is 11.0 Å². The van der Waals surface area contributed by atoms with Gasteiger partial charge in [0.25, 0.3) is 0 Å². The number of imidazole rings is 1. The Morgan fingerprint density at radius 1 is 1.20 bits per heavy atom. The first-order valence-corrected chi connectivity index (χ1v) is 9.24. The van der Waals surface area contributed by atoms with E-state index >= 15 is 0 Å². The smallest absolute Gasteiger partial charge is 0.329 e. The predicted molar refractivity (Wildman–Crippen MR) is 99.4 cm³/mol. The number of likely N-dealkylation sites (tertiary alicyclic amines) is 1. The van der Waals surface area contributed by atoms with Crippen molar-refractivity contribution in [3.05, 3.63) is 34.7 Å². The van der Waals surface area contributed by atoms with Crippen LogP contribution in [0.1, 0.15) is 33.1 Å². The van der Waals surface area contributed by atoms with Crippen molar-refractivity contribution in [2.45, 2.75) is 52.2 Å². The van der Waals surface area contributed by atoms with Crippen LogP contribution >= 0.6 is 0 Å². The molecule has 6 heteroatoms. The summed E-state index contributed by atoms with van der Waals surface area (Å²) >= 11 is 0. The molecule has 0 spiro atoms. The van der Waals surface area contributed by atoms with Crippen molar-refractivity contribution in [1.29, 1.82) is 0 Å². The Kier molecular flexibility index (Phi) is 5.27. The van der Waals surface area contributed by atoms with Gasteiger partial charge in [-0.1, -0.05) is 19.1 Å². The minimum atomic E-state index is -0.0230. The molecule has 1 aliphatic rings. The molecule has 2 atom stereocenters. The Balaban J connectivity index is 1.79. The monoisotopic (exact) mass is 344 g/mol. The number of para-hydroxylation sites is 2. The zero-order valence-electron chi connectivity index (χ0n) is 15.1. The number of carbonyl (C=O) groups is 1. The summed E-state index contributed by atoms with van der Waals surface area (Å²) in [4.78, 5) is 27.3. The highest BCUT2D eigenvalue weighted by atomic mass is 16.2. The van der Waals surface area contributed by atoms with E-state index in [1.54, 1.807) is 4.57 Å². The van der Waals surface area contributed by atoms with Gasteiger partial charge in [-0.25, -0.2) is 4.79 Å². The summed E-state index contributed by atoms with van der Waals surface area (Å²) in [6.07, 6.45) is 2.22. The van der Waals surface area contributed by atoms with E-state index in [1.165, 1.54) is 0 Å². The van der Waals surface area contributed by atoms with Crippen molar-refractivity contribution < 1.29 is 4.79 Å². The van der Waals surface area contributed by atoms with Crippen LogP contribution in [0.2, 0.25) is 0 Å². The van der Waals surface area contributed by atoms with Crippen molar-refractivity contribution in [2.75, 3.05) is 13.1 Å². The van der Waals surface area contributed by atoms with E-state index in [4.69, 9.17) is 5.73 Å². The molecule has 0 saturated carbocycles. The zero-order chi connectivity index (χ0) is 18.0. The van der Waals surface area contributed by atoms with Crippen LogP contribution in [0, 0.1) is 5.92 Å². The highest BCUT2D eigenvalue weighted by Crippen LogP contribution is 2.23. The fourth-order valence-electron chi connectivity index (χ4n) is 3.94. The number of carbonyl (C=O) groups excluding carboxylic acids is 1. The van der Waals surface area contributed by atoms with Gasteiger partial charge < -0.3 is 10.6 Å². The second-order valence-corrected chi connectivity index (χ2v) is 7.06. The van der Waals surface area contributed by atoms with Crippen LogP contribution in [0.15, 0.2) is 29.1 Å². The van der Waals surface area contributed by atoms with Gasteiger partial charge in [0, 0.05) is 32.1 Å². The number of nitrogens with two attached hydrogens (primary N) is 1. The largest absolute Gasteiger partial charge is 0.340 e. The van der Waals surface area contributed by atoms with Gasteiger partial charge in [-0.2, -0.15) is 0 Å². The van der Waals surface area contributed by atoms with E-state index in [0.29, 0.717) is 32.0 Å². The highest BCUT2D eigenvalue weighted by molar-refractivity contribution is 5.78. The Labute approximate surface area is 148 Å². The molecule has 0 aliphatic carbocycles.